The molecule has 1 atom stereocenters. The summed E-state index contributed by atoms with van der Waals surface area (Å²) in [4.78, 5) is 29.5. The molecule has 0 spiro atoms. The van der Waals surface area contributed by atoms with Gasteiger partial charge < -0.3 is 10.0 Å². The lowest BCUT2D eigenvalue weighted by Crippen LogP contribution is -2.40. The maximum absolute atomic E-state index is 13.0. The summed E-state index contributed by atoms with van der Waals surface area (Å²) in [6.45, 7) is 1.02. The molecule has 3 rings (SSSR count). The lowest BCUT2D eigenvalue weighted by atomic mass is 9.93. The highest BCUT2D eigenvalue weighted by Crippen LogP contribution is 2.24. The zero-order valence-corrected chi connectivity index (χ0v) is 15.3. The largest absolute Gasteiger partial charge is 0.481 e. The van der Waals surface area contributed by atoms with Crippen LogP contribution >= 0.6 is 0 Å². The smallest absolute Gasteiger partial charge is 0.303 e. The monoisotopic (exact) mass is 379 g/mol. The van der Waals surface area contributed by atoms with E-state index in [0.29, 0.717) is 25.0 Å². The van der Waals surface area contributed by atoms with E-state index in [-0.39, 0.29) is 29.1 Å². The van der Waals surface area contributed by atoms with Crippen LogP contribution < -0.4 is 0 Å². The number of hydrogen-bond acceptors (Lipinski definition) is 5. The van der Waals surface area contributed by atoms with Crippen LogP contribution in [0.4, 0.5) is 0 Å². The average Bonchev–Trinajstić information content (AvgIpc) is 2.99. The summed E-state index contributed by atoms with van der Waals surface area (Å²) in [5, 5.41) is 8.69. The molecule has 0 aliphatic carbocycles. The zero-order valence-electron chi connectivity index (χ0n) is 14.5. The lowest BCUT2D eigenvalue weighted by Gasteiger charge is -2.32. The molecule has 0 bridgehead atoms. The van der Waals surface area contributed by atoms with Gasteiger partial charge in [0.15, 0.2) is 5.69 Å². The Balaban J connectivity index is 1.89. The predicted octanol–water partition coefficient (Wildman–Crippen LogP) is 1.45. The van der Waals surface area contributed by atoms with E-state index in [2.05, 4.69) is 4.98 Å². The van der Waals surface area contributed by atoms with Crippen molar-refractivity contribution in [3.63, 3.8) is 0 Å². The van der Waals surface area contributed by atoms with Crippen molar-refractivity contribution in [1.82, 2.24) is 14.3 Å². The molecule has 1 fully saturated rings. The number of carbonyl (C=O) groups is 2. The Morgan fingerprint density at radius 3 is 2.81 bits per heavy atom. The minimum absolute atomic E-state index is 0.0817. The molecule has 26 heavy (non-hydrogen) atoms. The number of sulfone groups is 1. The van der Waals surface area contributed by atoms with Crippen molar-refractivity contribution in [3.8, 4) is 0 Å². The van der Waals surface area contributed by atoms with Crippen molar-refractivity contribution in [3.05, 3.63) is 30.1 Å². The van der Waals surface area contributed by atoms with Crippen LogP contribution in [0, 0.1) is 5.92 Å². The highest BCUT2D eigenvalue weighted by Gasteiger charge is 2.29. The maximum atomic E-state index is 13.0. The van der Waals surface area contributed by atoms with E-state index in [1.165, 1.54) is 4.40 Å². The molecule has 0 radical (unpaired) electrons. The Morgan fingerprint density at radius 1 is 1.35 bits per heavy atom. The SMILES string of the molecule is CS(=O)(=O)c1nc(C(=O)N2CCCC(CCC(=O)O)C2)c2ccccn12. The van der Waals surface area contributed by atoms with Crippen LogP contribution in [-0.4, -0.2) is 59.0 Å². The number of carboxylic acid groups (broad SMARTS) is 1. The Labute approximate surface area is 151 Å². The maximum Gasteiger partial charge on any atom is 0.303 e. The number of carbonyl (C=O) groups excluding carboxylic acids is 1. The molecule has 8 nitrogen and oxygen atoms in total. The third kappa shape index (κ3) is 3.72. The Bertz CT molecular complexity index is 950. The highest BCUT2D eigenvalue weighted by atomic mass is 32.2. The van der Waals surface area contributed by atoms with E-state index < -0.39 is 15.8 Å². The van der Waals surface area contributed by atoms with E-state index in [1.54, 1.807) is 29.3 Å². The van der Waals surface area contributed by atoms with E-state index in [1.807, 2.05) is 0 Å². The molecule has 1 amide bonds. The Morgan fingerprint density at radius 2 is 2.12 bits per heavy atom. The number of imidazole rings is 1. The average molecular weight is 379 g/mol. The molecule has 2 aromatic rings. The molecule has 2 aromatic heterocycles. The quantitative estimate of drug-likeness (QED) is 0.842. The minimum atomic E-state index is -3.59. The number of pyridine rings is 1. The van der Waals surface area contributed by atoms with Crippen molar-refractivity contribution >= 4 is 27.2 Å². The Hall–Kier alpha value is -2.42. The number of amides is 1. The van der Waals surface area contributed by atoms with Crippen LogP contribution in [0.25, 0.3) is 5.52 Å². The molecule has 1 saturated heterocycles. The number of aliphatic carboxylic acids is 1. The van der Waals surface area contributed by atoms with Gasteiger partial charge in [-0.05, 0) is 37.3 Å². The van der Waals surface area contributed by atoms with Gasteiger partial charge in [-0.1, -0.05) is 6.07 Å². The molecule has 1 aliphatic heterocycles. The number of likely N-dealkylation sites (tertiary alicyclic amines) is 1. The van der Waals surface area contributed by atoms with Crippen LogP contribution in [0.5, 0.6) is 0 Å². The van der Waals surface area contributed by atoms with Crippen molar-refractivity contribution in [1.29, 1.82) is 0 Å². The molecule has 0 aromatic carbocycles. The third-order valence-corrected chi connectivity index (χ3v) is 5.57. The van der Waals surface area contributed by atoms with Crippen LogP contribution in [0.3, 0.4) is 0 Å². The number of hydrogen-bond donors (Lipinski definition) is 1. The van der Waals surface area contributed by atoms with Crippen LogP contribution in [0.15, 0.2) is 29.6 Å². The van der Waals surface area contributed by atoms with Gasteiger partial charge in [-0.25, -0.2) is 13.4 Å². The summed E-state index contributed by atoms with van der Waals surface area (Å²) in [7, 11) is -3.59. The standard InChI is InChI=1S/C17H21N3O5S/c1-26(24,25)17-18-15(13-6-2-3-10-20(13)17)16(23)19-9-4-5-12(11-19)7-8-14(21)22/h2-3,6,10,12H,4-5,7-9,11H2,1H3,(H,21,22). The first-order chi connectivity index (χ1) is 12.3. The molecule has 1 aliphatic rings. The van der Waals surface area contributed by atoms with Gasteiger partial charge in [-0.15, -0.1) is 0 Å². The second-order valence-electron chi connectivity index (χ2n) is 6.66. The first kappa shape index (κ1) is 18.4. The van der Waals surface area contributed by atoms with E-state index >= 15 is 0 Å². The molecule has 3 heterocycles. The van der Waals surface area contributed by atoms with Crippen molar-refractivity contribution in [2.45, 2.75) is 30.8 Å². The fourth-order valence-electron chi connectivity index (χ4n) is 3.39. The molecule has 1 unspecified atom stereocenters. The summed E-state index contributed by atoms with van der Waals surface area (Å²) >= 11 is 0. The summed E-state index contributed by atoms with van der Waals surface area (Å²) in [5.41, 5.74) is 0.565. The number of aromatic nitrogens is 2. The first-order valence-electron chi connectivity index (χ1n) is 8.45. The van der Waals surface area contributed by atoms with Gasteiger partial charge in [0.1, 0.15) is 0 Å². The van der Waals surface area contributed by atoms with Gasteiger partial charge in [-0.2, -0.15) is 0 Å². The van der Waals surface area contributed by atoms with Crippen molar-refractivity contribution in [2.24, 2.45) is 5.92 Å². The molecular formula is C17H21N3O5S. The summed E-state index contributed by atoms with van der Waals surface area (Å²) in [5.74, 6) is -1.03. The molecular weight excluding hydrogens is 358 g/mol. The minimum Gasteiger partial charge on any atom is -0.481 e. The fourth-order valence-corrected chi connectivity index (χ4v) is 4.16. The summed E-state index contributed by atoms with van der Waals surface area (Å²) in [6.07, 6.45) is 4.92. The highest BCUT2D eigenvalue weighted by molar-refractivity contribution is 7.90. The third-order valence-electron chi connectivity index (χ3n) is 4.62. The normalized spacial score (nSPS) is 18.2. The summed E-state index contributed by atoms with van der Waals surface area (Å²) in [6, 6.07) is 5.08. The van der Waals surface area contributed by atoms with Gasteiger partial charge in [0, 0.05) is 32.0 Å². The van der Waals surface area contributed by atoms with Crippen LogP contribution in [0.1, 0.15) is 36.2 Å². The predicted molar refractivity (Wildman–Crippen MR) is 93.8 cm³/mol. The number of carboxylic acids is 1. The van der Waals surface area contributed by atoms with Gasteiger partial charge in [-0.3, -0.25) is 14.0 Å². The Kier molecular flexibility index (Phi) is 4.99. The first-order valence-corrected chi connectivity index (χ1v) is 10.3. The second kappa shape index (κ2) is 7.06. The van der Waals surface area contributed by atoms with Crippen molar-refractivity contribution in [2.75, 3.05) is 19.3 Å². The number of piperidine rings is 1. The van der Waals surface area contributed by atoms with Gasteiger partial charge >= 0.3 is 5.97 Å². The van der Waals surface area contributed by atoms with Gasteiger partial charge in [0.25, 0.3) is 5.91 Å². The number of nitrogens with zero attached hydrogens (tertiary/aromatic N) is 3. The topological polar surface area (TPSA) is 109 Å². The molecule has 0 saturated carbocycles. The fraction of sp³-hybridized carbons (Fsp3) is 0.471. The van der Waals surface area contributed by atoms with Crippen LogP contribution in [0.2, 0.25) is 0 Å². The summed E-state index contributed by atoms with van der Waals surface area (Å²) < 4.78 is 25.4. The van der Waals surface area contributed by atoms with Crippen LogP contribution in [-0.2, 0) is 14.6 Å². The molecule has 1 N–H and O–H groups in total. The lowest BCUT2D eigenvalue weighted by molar-refractivity contribution is -0.137. The van der Waals surface area contributed by atoms with Gasteiger partial charge in [0.05, 0.1) is 5.52 Å². The number of rotatable bonds is 5. The van der Waals surface area contributed by atoms with Gasteiger partial charge in [0.2, 0.25) is 15.0 Å². The van der Waals surface area contributed by atoms with E-state index in [9.17, 15) is 18.0 Å². The molecule has 140 valence electrons. The number of fused-ring (bicyclic) bond motifs is 1. The molecule has 9 heteroatoms. The zero-order chi connectivity index (χ0) is 18.9. The second-order valence-corrected chi connectivity index (χ2v) is 8.57. The van der Waals surface area contributed by atoms with E-state index in [0.717, 1.165) is 19.1 Å². The van der Waals surface area contributed by atoms with E-state index in [4.69, 9.17) is 5.11 Å². The van der Waals surface area contributed by atoms with Crippen molar-refractivity contribution < 1.29 is 23.1 Å².